The topological polar surface area (TPSA) is 73.7 Å². The first kappa shape index (κ1) is 16.9. The van der Waals surface area contributed by atoms with E-state index in [2.05, 4.69) is 27.7 Å². The predicted molar refractivity (Wildman–Crippen MR) is 98.5 cm³/mol. The molecule has 0 unspecified atom stereocenters. The lowest BCUT2D eigenvalue weighted by Gasteiger charge is -2.12. The van der Waals surface area contributed by atoms with Gasteiger partial charge in [-0.25, -0.2) is 0 Å². The van der Waals surface area contributed by atoms with Crippen LogP contribution in [0.5, 0.6) is 0 Å². The largest absolute Gasteiger partial charge is 0.384 e. The van der Waals surface area contributed by atoms with Gasteiger partial charge in [0.25, 0.3) is 5.91 Å². The lowest BCUT2D eigenvalue weighted by Crippen LogP contribution is -2.30. The van der Waals surface area contributed by atoms with Crippen molar-refractivity contribution in [3.63, 3.8) is 0 Å². The number of hydrogen-bond acceptors (Lipinski definition) is 6. The summed E-state index contributed by atoms with van der Waals surface area (Å²) in [5, 5.41) is 17.5. The van der Waals surface area contributed by atoms with Crippen LogP contribution in [0.15, 0.2) is 40.3 Å². The molecular weight excluding hydrogens is 366 g/mol. The molecule has 2 aromatic rings. The van der Waals surface area contributed by atoms with E-state index in [0.717, 1.165) is 20.3 Å². The molecule has 1 amide bonds. The van der Waals surface area contributed by atoms with E-state index in [-0.39, 0.29) is 12.5 Å². The van der Waals surface area contributed by atoms with Crippen molar-refractivity contribution in [2.75, 3.05) is 12.0 Å². The van der Waals surface area contributed by atoms with Gasteiger partial charge in [-0.15, -0.1) is 11.3 Å². The third-order valence-electron chi connectivity index (χ3n) is 3.01. The fourth-order valence-electron chi connectivity index (χ4n) is 1.90. The van der Waals surface area contributed by atoms with Gasteiger partial charge >= 0.3 is 0 Å². The zero-order valence-corrected chi connectivity index (χ0v) is 14.7. The van der Waals surface area contributed by atoms with Crippen molar-refractivity contribution < 1.29 is 9.90 Å². The summed E-state index contributed by atoms with van der Waals surface area (Å²) in [5.74, 6) is 5.20. The third kappa shape index (κ3) is 4.10. The first-order chi connectivity index (χ1) is 11.7. The van der Waals surface area contributed by atoms with Gasteiger partial charge in [0.1, 0.15) is 11.6 Å². The van der Waals surface area contributed by atoms with Crippen LogP contribution >= 0.6 is 34.7 Å². The lowest BCUT2D eigenvalue weighted by molar-refractivity contribution is -0.114. The molecule has 1 aliphatic heterocycles. The first-order valence-corrected chi connectivity index (χ1v) is 8.94. The summed E-state index contributed by atoms with van der Waals surface area (Å²) in [6.45, 7) is 0.220. The third-order valence-corrected chi connectivity index (χ3v) is 5.36. The van der Waals surface area contributed by atoms with E-state index < -0.39 is 0 Å². The molecule has 5 nitrogen and oxygen atoms in total. The number of thioether (sulfide) groups is 1. The van der Waals surface area contributed by atoms with E-state index in [9.17, 15) is 4.79 Å². The summed E-state index contributed by atoms with van der Waals surface area (Å²) in [6.07, 6.45) is 0. The summed E-state index contributed by atoms with van der Waals surface area (Å²) in [6, 6.07) is 9.16. The number of nitrogens with one attached hydrogen (secondary N) is 2. The van der Waals surface area contributed by atoms with Gasteiger partial charge in [0.2, 0.25) is 0 Å². The number of benzene rings is 1. The van der Waals surface area contributed by atoms with Crippen molar-refractivity contribution in [2.45, 2.75) is 11.4 Å². The summed E-state index contributed by atoms with van der Waals surface area (Å²) in [4.78, 5) is 13.9. The molecule has 0 saturated carbocycles. The van der Waals surface area contributed by atoms with Gasteiger partial charge in [-0.05, 0) is 23.8 Å². The van der Waals surface area contributed by atoms with Gasteiger partial charge in [0.05, 0.1) is 9.77 Å². The molecular formula is C16H12ClN3O2S2. The van der Waals surface area contributed by atoms with E-state index in [1.165, 1.54) is 23.1 Å². The SMILES string of the molecule is O=C(NCc1ccc(Cl)cc1)C1=NNc2sc(C#CCO)cc2S1. The Bertz CT molecular complexity index is 850. The number of hydrogen-bond donors (Lipinski definition) is 3. The molecule has 0 bridgehead atoms. The molecule has 0 aliphatic carbocycles. The Morgan fingerprint density at radius 2 is 2.17 bits per heavy atom. The number of thiophene rings is 1. The van der Waals surface area contributed by atoms with Crippen LogP contribution < -0.4 is 10.7 Å². The molecule has 1 aromatic heterocycles. The zero-order valence-electron chi connectivity index (χ0n) is 12.3. The van der Waals surface area contributed by atoms with Crippen molar-refractivity contribution in [3.8, 4) is 11.8 Å². The molecule has 0 atom stereocenters. The van der Waals surface area contributed by atoms with Crippen LogP contribution in [0.25, 0.3) is 0 Å². The number of aliphatic hydroxyl groups is 1. The Morgan fingerprint density at radius 3 is 2.92 bits per heavy atom. The highest BCUT2D eigenvalue weighted by molar-refractivity contribution is 8.16. The standard InChI is InChI=1S/C16H12ClN3O2S2/c17-11-5-3-10(4-6-11)9-18-14(22)16-20-19-15-13(24-16)8-12(23-15)2-1-7-21/h3-6,8,19,21H,7,9H2,(H,18,22). The van der Waals surface area contributed by atoms with E-state index in [1.807, 2.05) is 18.2 Å². The number of carbonyl (C=O) groups is 1. The number of fused-ring (bicyclic) bond motifs is 1. The number of aliphatic hydroxyl groups excluding tert-OH is 1. The fourth-order valence-corrected chi connectivity index (χ4v) is 3.90. The summed E-state index contributed by atoms with van der Waals surface area (Å²) in [5.41, 5.74) is 3.83. The molecule has 0 spiro atoms. The molecule has 1 aliphatic rings. The Kier molecular flexibility index (Phi) is 5.43. The van der Waals surface area contributed by atoms with Crippen molar-refractivity contribution in [1.82, 2.24) is 5.32 Å². The van der Waals surface area contributed by atoms with Crippen LogP contribution in [0.1, 0.15) is 10.4 Å². The number of carbonyl (C=O) groups excluding carboxylic acids is 1. The minimum absolute atomic E-state index is 0.183. The second-order valence-electron chi connectivity index (χ2n) is 4.70. The highest BCUT2D eigenvalue weighted by atomic mass is 35.5. The van der Waals surface area contributed by atoms with Crippen LogP contribution in [-0.2, 0) is 11.3 Å². The summed E-state index contributed by atoms with van der Waals surface area (Å²) in [7, 11) is 0. The Morgan fingerprint density at radius 1 is 1.38 bits per heavy atom. The van der Waals surface area contributed by atoms with Gasteiger partial charge in [-0.1, -0.05) is 47.3 Å². The Balaban J connectivity index is 1.61. The zero-order chi connectivity index (χ0) is 16.9. The van der Waals surface area contributed by atoms with Crippen LogP contribution in [0.2, 0.25) is 5.02 Å². The van der Waals surface area contributed by atoms with Crippen LogP contribution in [0.3, 0.4) is 0 Å². The second kappa shape index (κ2) is 7.73. The van der Waals surface area contributed by atoms with E-state index in [0.29, 0.717) is 16.6 Å². The van der Waals surface area contributed by atoms with Gasteiger partial charge < -0.3 is 10.4 Å². The predicted octanol–water partition coefficient (Wildman–Crippen LogP) is 2.89. The van der Waals surface area contributed by atoms with E-state index in [1.54, 1.807) is 12.1 Å². The average molecular weight is 378 g/mol. The quantitative estimate of drug-likeness (QED) is 0.719. The van der Waals surface area contributed by atoms with Crippen LogP contribution in [-0.4, -0.2) is 22.7 Å². The van der Waals surface area contributed by atoms with E-state index in [4.69, 9.17) is 16.7 Å². The molecule has 3 N–H and O–H groups in total. The minimum Gasteiger partial charge on any atom is -0.384 e. The first-order valence-electron chi connectivity index (χ1n) is 6.93. The molecule has 0 fully saturated rings. The summed E-state index contributed by atoms with van der Waals surface area (Å²) >= 11 is 8.56. The maximum atomic E-state index is 12.2. The lowest BCUT2D eigenvalue weighted by atomic mass is 10.2. The van der Waals surface area contributed by atoms with Gasteiger partial charge in [-0.3, -0.25) is 10.2 Å². The van der Waals surface area contributed by atoms with Gasteiger partial charge in [-0.2, -0.15) is 5.10 Å². The van der Waals surface area contributed by atoms with Crippen LogP contribution in [0.4, 0.5) is 5.00 Å². The maximum absolute atomic E-state index is 12.2. The molecule has 0 radical (unpaired) electrons. The molecule has 24 heavy (non-hydrogen) atoms. The summed E-state index contributed by atoms with van der Waals surface area (Å²) < 4.78 is 0. The van der Waals surface area contributed by atoms with Crippen molar-refractivity contribution in [1.29, 1.82) is 0 Å². The van der Waals surface area contributed by atoms with Gasteiger partial charge in [0, 0.05) is 11.6 Å². The van der Waals surface area contributed by atoms with Crippen molar-refractivity contribution >= 4 is 50.7 Å². The highest BCUT2D eigenvalue weighted by Gasteiger charge is 2.21. The average Bonchev–Trinajstić information content (AvgIpc) is 3.01. The smallest absolute Gasteiger partial charge is 0.278 e. The normalized spacial score (nSPS) is 12.3. The van der Waals surface area contributed by atoms with Crippen molar-refractivity contribution in [2.24, 2.45) is 5.10 Å². The fraction of sp³-hybridized carbons (Fsp3) is 0.125. The number of amides is 1. The number of nitrogens with zero attached hydrogens (tertiary/aromatic N) is 1. The monoisotopic (exact) mass is 377 g/mol. The molecule has 0 saturated heterocycles. The molecule has 1 aromatic carbocycles. The second-order valence-corrected chi connectivity index (χ2v) is 7.22. The number of rotatable bonds is 3. The molecule has 122 valence electrons. The van der Waals surface area contributed by atoms with Crippen molar-refractivity contribution in [3.05, 3.63) is 45.8 Å². The highest BCUT2D eigenvalue weighted by Crippen LogP contribution is 2.38. The maximum Gasteiger partial charge on any atom is 0.278 e. The van der Waals surface area contributed by atoms with E-state index >= 15 is 0 Å². The molecule has 3 rings (SSSR count). The minimum atomic E-state index is -0.248. The molecule has 2 heterocycles. The Labute approximate surface area is 152 Å². The number of halogens is 1. The van der Waals surface area contributed by atoms with Gasteiger partial charge in [0.15, 0.2) is 5.04 Å². The molecule has 8 heteroatoms. The number of hydrazone groups is 1. The Hall–Kier alpha value is -1.98. The number of anilines is 1. The van der Waals surface area contributed by atoms with Crippen LogP contribution in [0, 0.1) is 11.8 Å².